The van der Waals surface area contributed by atoms with E-state index in [1.54, 1.807) is 11.3 Å². The summed E-state index contributed by atoms with van der Waals surface area (Å²) in [6, 6.07) is 6.05. The Labute approximate surface area is 170 Å². The van der Waals surface area contributed by atoms with Gasteiger partial charge < -0.3 is 14.5 Å². The van der Waals surface area contributed by atoms with Gasteiger partial charge in [-0.2, -0.15) is 0 Å². The Morgan fingerprint density at radius 1 is 1.11 bits per heavy atom. The molecular formula is C21H28N4O2S. The van der Waals surface area contributed by atoms with E-state index in [-0.39, 0.29) is 5.91 Å². The zero-order valence-corrected chi connectivity index (χ0v) is 17.5. The molecule has 0 aliphatic carbocycles. The maximum absolute atomic E-state index is 12.9. The van der Waals surface area contributed by atoms with Gasteiger partial charge in [0.05, 0.1) is 18.9 Å². The third-order valence-corrected chi connectivity index (χ3v) is 6.43. The average molecular weight is 401 g/mol. The normalized spacial score (nSPS) is 18.5. The molecule has 0 spiro atoms. The minimum Gasteiger partial charge on any atom is -0.379 e. The standard InChI is InChI=1S/C21H28N4O2S/c1-16-3-4-19(17(2)13-16)20(26)24-5-7-25(8-6-24)21-22-18(15-28-21)14-23-9-11-27-12-10-23/h3-4,13,15H,5-12,14H2,1-2H3. The summed E-state index contributed by atoms with van der Waals surface area (Å²) >= 11 is 1.71. The van der Waals surface area contributed by atoms with Crippen LogP contribution in [0.4, 0.5) is 5.13 Å². The van der Waals surface area contributed by atoms with E-state index >= 15 is 0 Å². The number of aromatic nitrogens is 1. The van der Waals surface area contributed by atoms with Gasteiger partial charge in [-0.15, -0.1) is 11.3 Å². The quantitative estimate of drug-likeness (QED) is 0.789. The molecule has 1 amide bonds. The summed E-state index contributed by atoms with van der Waals surface area (Å²) in [5, 5.41) is 3.24. The van der Waals surface area contributed by atoms with Crippen molar-refractivity contribution in [3.63, 3.8) is 0 Å². The molecule has 0 bridgehead atoms. The van der Waals surface area contributed by atoms with Crippen LogP contribution in [-0.2, 0) is 11.3 Å². The molecule has 2 aromatic rings. The lowest BCUT2D eigenvalue weighted by atomic mass is 10.0. The number of piperazine rings is 1. The predicted octanol–water partition coefficient (Wildman–Crippen LogP) is 2.55. The number of hydrogen-bond acceptors (Lipinski definition) is 6. The Morgan fingerprint density at radius 3 is 2.57 bits per heavy atom. The van der Waals surface area contributed by atoms with Crippen LogP contribution in [0, 0.1) is 13.8 Å². The molecule has 0 atom stereocenters. The Kier molecular flexibility index (Phi) is 5.94. The van der Waals surface area contributed by atoms with Crippen molar-refractivity contribution in [2.45, 2.75) is 20.4 Å². The van der Waals surface area contributed by atoms with E-state index in [1.165, 1.54) is 5.56 Å². The lowest BCUT2D eigenvalue weighted by Gasteiger charge is -2.35. The molecule has 2 saturated heterocycles. The highest BCUT2D eigenvalue weighted by Gasteiger charge is 2.24. The molecule has 0 unspecified atom stereocenters. The van der Waals surface area contributed by atoms with Crippen LogP contribution in [0.2, 0.25) is 0 Å². The average Bonchev–Trinajstić information content (AvgIpc) is 3.17. The van der Waals surface area contributed by atoms with Gasteiger partial charge in [0.15, 0.2) is 5.13 Å². The maximum Gasteiger partial charge on any atom is 0.254 e. The van der Waals surface area contributed by atoms with Gasteiger partial charge >= 0.3 is 0 Å². The van der Waals surface area contributed by atoms with Crippen molar-refractivity contribution in [2.75, 3.05) is 57.4 Å². The lowest BCUT2D eigenvalue weighted by Crippen LogP contribution is -2.49. The third-order valence-electron chi connectivity index (χ3n) is 5.48. The van der Waals surface area contributed by atoms with Gasteiger partial charge in [0.25, 0.3) is 5.91 Å². The smallest absolute Gasteiger partial charge is 0.254 e. The van der Waals surface area contributed by atoms with Crippen LogP contribution in [0.15, 0.2) is 23.6 Å². The van der Waals surface area contributed by atoms with Crippen LogP contribution in [0.5, 0.6) is 0 Å². The second kappa shape index (κ2) is 8.59. The van der Waals surface area contributed by atoms with Gasteiger partial charge in [0.1, 0.15) is 0 Å². The molecule has 2 fully saturated rings. The largest absolute Gasteiger partial charge is 0.379 e. The highest BCUT2D eigenvalue weighted by molar-refractivity contribution is 7.13. The van der Waals surface area contributed by atoms with Gasteiger partial charge in [-0.3, -0.25) is 9.69 Å². The van der Waals surface area contributed by atoms with Gasteiger partial charge in [0, 0.05) is 56.8 Å². The van der Waals surface area contributed by atoms with E-state index in [4.69, 9.17) is 9.72 Å². The Balaban J connectivity index is 1.33. The molecule has 1 aromatic heterocycles. The fraction of sp³-hybridized carbons (Fsp3) is 0.524. The number of benzene rings is 1. The molecule has 28 heavy (non-hydrogen) atoms. The highest BCUT2D eigenvalue weighted by Crippen LogP contribution is 2.24. The van der Waals surface area contributed by atoms with E-state index in [1.807, 2.05) is 24.0 Å². The van der Waals surface area contributed by atoms with E-state index in [0.717, 1.165) is 81.0 Å². The molecule has 0 saturated carbocycles. The first-order valence-electron chi connectivity index (χ1n) is 9.96. The Bertz CT molecular complexity index is 824. The number of aryl methyl sites for hydroxylation is 2. The van der Waals surface area contributed by atoms with Crippen molar-refractivity contribution in [1.29, 1.82) is 0 Å². The molecule has 2 aliphatic heterocycles. The molecule has 2 aliphatic rings. The van der Waals surface area contributed by atoms with Gasteiger partial charge in [-0.05, 0) is 25.5 Å². The van der Waals surface area contributed by atoms with E-state index in [2.05, 4.69) is 28.2 Å². The van der Waals surface area contributed by atoms with Crippen molar-refractivity contribution in [2.24, 2.45) is 0 Å². The summed E-state index contributed by atoms with van der Waals surface area (Å²) in [7, 11) is 0. The number of morpholine rings is 1. The van der Waals surface area contributed by atoms with Crippen LogP contribution in [-0.4, -0.2) is 73.2 Å². The first-order chi connectivity index (χ1) is 13.6. The number of amides is 1. The molecule has 7 heteroatoms. The molecule has 6 nitrogen and oxygen atoms in total. The third kappa shape index (κ3) is 4.37. The number of hydrogen-bond donors (Lipinski definition) is 0. The van der Waals surface area contributed by atoms with Crippen LogP contribution >= 0.6 is 11.3 Å². The Hall–Kier alpha value is -1.96. The highest BCUT2D eigenvalue weighted by atomic mass is 32.1. The van der Waals surface area contributed by atoms with Gasteiger partial charge in [0.2, 0.25) is 0 Å². The lowest BCUT2D eigenvalue weighted by molar-refractivity contribution is 0.0337. The topological polar surface area (TPSA) is 48.9 Å². The fourth-order valence-corrected chi connectivity index (χ4v) is 4.70. The second-order valence-electron chi connectivity index (χ2n) is 7.61. The minimum atomic E-state index is 0.143. The maximum atomic E-state index is 12.9. The number of carbonyl (C=O) groups is 1. The van der Waals surface area contributed by atoms with E-state index < -0.39 is 0 Å². The van der Waals surface area contributed by atoms with Crippen LogP contribution < -0.4 is 4.90 Å². The second-order valence-corrected chi connectivity index (χ2v) is 8.44. The van der Waals surface area contributed by atoms with Gasteiger partial charge in [-0.1, -0.05) is 17.7 Å². The summed E-state index contributed by atoms with van der Waals surface area (Å²) in [6.07, 6.45) is 0. The fourth-order valence-electron chi connectivity index (χ4n) is 3.83. The van der Waals surface area contributed by atoms with Crippen LogP contribution in [0.3, 0.4) is 0 Å². The first-order valence-corrected chi connectivity index (χ1v) is 10.8. The van der Waals surface area contributed by atoms with E-state index in [0.29, 0.717) is 0 Å². The number of thiazole rings is 1. The zero-order valence-electron chi connectivity index (χ0n) is 16.7. The number of anilines is 1. The number of carbonyl (C=O) groups excluding carboxylic acids is 1. The van der Waals surface area contributed by atoms with Crippen molar-refractivity contribution in [3.05, 3.63) is 46.0 Å². The predicted molar refractivity (Wildman–Crippen MR) is 112 cm³/mol. The molecule has 150 valence electrons. The molecular weight excluding hydrogens is 372 g/mol. The van der Waals surface area contributed by atoms with Crippen molar-refractivity contribution in [1.82, 2.24) is 14.8 Å². The van der Waals surface area contributed by atoms with Crippen LogP contribution in [0.1, 0.15) is 27.2 Å². The van der Waals surface area contributed by atoms with E-state index in [9.17, 15) is 4.79 Å². The summed E-state index contributed by atoms with van der Waals surface area (Å²) < 4.78 is 5.41. The number of nitrogens with zero attached hydrogens (tertiary/aromatic N) is 4. The monoisotopic (exact) mass is 400 g/mol. The van der Waals surface area contributed by atoms with Crippen molar-refractivity contribution >= 4 is 22.4 Å². The summed E-state index contributed by atoms with van der Waals surface area (Å²) in [6.45, 7) is 11.7. The summed E-state index contributed by atoms with van der Waals surface area (Å²) in [5.74, 6) is 0.143. The van der Waals surface area contributed by atoms with Crippen molar-refractivity contribution in [3.8, 4) is 0 Å². The SMILES string of the molecule is Cc1ccc(C(=O)N2CCN(c3nc(CN4CCOCC4)cs3)CC2)c(C)c1. The minimum absolute atomic E-state index is 0.143. The molecule has 0 radical (unpaired) electrons. The molecule has 0 N–H and O–H groups in total. The van der Waals surface area contributed by atoms with Crippen molar-refractivity contribution < 1.29 is 9.53 Å². The summed E-state index contributed by atoms with van der Waals surface area (Å²) in [4.78, 5) is 24.4. The zero-order chi connectivity index (χ0) is 19.5. The van der Waals surface area contributed by atoms with Crippen LogP contribution in [0.25, 0.3) is 0 Å². The molecule has 1 aromatic carbocycles. The number of ether oxygens (including phenoxy) is 1. The summed E-state index contributed by atoms with van der Waals surface area (Å²) in [5.41, 5.74) is 4.20. The van der Waals surface area contributed by atoms with Gasteiger partial charge in [-0.25, -0.2) is 4.98 Å². The molecule has 4 rings (SSSR count). The molecule has 3 heterocycles. The first kappa shape index (κ1) is 19.4. The number of rotatable bonds is 4. The Morgan fingerprint density at radius 2 is 1.86 bits per heavy atom.